The largest absolute Gasteiger partial charge is 0.481 e. The molecule has 1 saturated carbocycles. The van der Waals surface area contributed by atoms with Gasteiger partial charge in [-0.3, -0.25) is 9.59 Å². The number of carboxylic acids is 1. The van der Waals surface area contributed by atoms with Crippen molar-refractivity contribution >= 4 is 11.9 Å². The molecule has 0 aromatic carbocycles. The van der Waals surface area contributed by atoms with Gasteiger partial charge in [-0.15, -0.1) is 0 Å². The fraction of sp³-hybridized carbons (Fsp3) is 0.846. The number of allylic oxidation sites excluding steroid dienone is 2. The van der Waals surface area contributed by atoms with Crippen molar-refractivity contribution in [2.24, 2.45) is 11.8 Å². The van der Waals surface area contributed by atoms with Crippen LogP contribution in [0.2, 0.25) is 0 Å². The van der Waals surface area contributed by atoms with E-state index in [1.807, 2.05) is 0 Å². The summed E-state index contributed by atoms with van der Waals surface area (Å²) in [6.07, 6.45) is 25.5. The minimum atomic E-state index is -0.859. The minimum Gasteiger partial charge on any atom is -0.481 e. The highest BCUT2D eigenvalue weighted by atomic mass is 16.5. The van der Waals surface area contributed by atoms with Crippen molar-refractivity contribution in [3.63, 3.8) is 0 Å². The van der Waals surface area contributed by atoms with Crippen LogP contribution in [0.25, 0.3) is 0 Å². The van der Waals surface area contributed by atoms with Gasteiger partial charge in [-0.05, 0) is 38.5 Å². The number of carbonyl (C=O) groups is 2. The zero-order chi connectivity index (χ0) is 21.9. The van der Waals surface area contributed by atoms with E-state index in [4.69, 9.17) is 4.74 Å². The predicted octanol–water partition coefficient (Wildman–Crippen LogP) is 7.46. The molecule has 4 heteroatoms. The fourth-order valence-corrected chi connectivity index (χ4v) is 4.35. The molecule has 0 saturated heterocycles. The zero-order valence-corrected chi connectivity index (χ0v) is 19.4. The first-order valence-corrected chi connectivity index (χ1v) is 12.7. The average molecular weight is 423 g/mol. The molecular formula is C26H46O4. The van der Waals surface area contributed by atoms with E-state index in [2.05, 4.69) is 19.1 Å². The number of hydrogen-bond acceptors (Lipinski definition) is 3. The van der Waals surface area contributed by atoms with Crippen LogP contribution in [0, 0.1) is 11.8 Å². The Hall–Kier alpha value is -1.32. The topological polar surface area (TPSA) is 63.6 Å². The molecule has 1 rings (SSSR count). The maximum Gasteiger partial charge on any atom is 0.309 e. The highest BCUT2D eigenvalue weighted by Crippen LogP contribution is 2.31. The van der Waals surface area contributed by atoms with E-state index in [-0.39, 0.29) is 5.97 Å². The smallest absolute Gasteiger partial charge is 0.309 e. The first kappa shape index (κ1) is 26.7. The van der Waals surface area contributed by atoms with Gasteiger partial charge in [0.1, 0.15) is 0 Å². The van der Waals surface area contributed by atoms with Gasteiger partial charge >= 0.3 is 11.9 Å². The first-order valence-electron chi connectivity index (χ1n) is 12.7. The molecule has 0 radical (unpaired) electrons. The lowest BCUT2D eigenvalue weighted by Crippen LogP contribution is -2.33. The second-order valence-electron chi connectivity index (χ2n) is 8.94. The molecule has 174 valence electrons. The second kappa shape index (κ2) is 18.4. The SMILES string of the molecule is CCCCCCCCCCCCC/C=C/CCCOC(=O)C1CCCCC1C(=O)O. The summed E-state index contributed by atoms with van der Waals surface area (Å²) in [5.74, 6) is -2.18. The Kier molecular flexibility index (Phi) is 16.4. The third kappa shape index (κ3) is 13.1. The van der Waals surface area contributed by atoms with Gasteiger partial charge in [-0.25, -0.2) is 0 Å². The van der Waals surface area contributed by atoms with Gasteiger partial charge in [0.05, 0.1) is 18.4 Å². The lowest BCUT2D eigenvalue weighted by Gasteiger charge is -2.26. The molecule has 30 heavy (non-hydrogen) atoms. The summed E-state index contributed by atoms with van der Waals surface area (Å²) in [5, 5.41) is 9.26. The molecular weight excluding hydrogens is 376 g/mol. The third-order valence-corrected chi connectivity index (χ3v) is 6.29. The standard InChI is InChI=1S/C26H46O4/c1-2-3-4-5-6-7-8-9-10-11-12-13-14-15-16-19-22-30-26(29)24-21-18-17-20-23(24)25(27)28/h14-15,23-24H,2-13,16-22H2,1H3,(H,27,28)/b15-14+. The Morgan fingerprint density at radius 1 is 0.767 bits per heavy atom. The molecule has 2 atom stereocenters. The van der Waals surface area contributed by atoms with Crippen LogP contribution in [-0.4, -0.2) is 23.7 Å². The first-order chi connectivity index (χ1) is 14.7. The van der Waals surface area contributed by atoms with Gasteiger partial charge in [0.15, 0.2) is 0 Å². The molecule has 0 bridgehead atoms. The van der Waals surface area contributed by atoms with Crippen LogP contribution in [0.3, 0.4) is 0 Å². The minimum absolute atomic E-state index is 0.313. The van der Waals surface area contributed by atoms with Gasteiger partial charge in [-0.1, -0.05) is 96.1 Å². The maximum atomic E-state index is 12.2. The van der Waals surface area contributed by atoms with Crippen molar-refractivity contribution in [3.05, 3.63) is 12.2 Å². The quantitative estimate of drug-likeness (QED) is 0.141. The van der Waals surface area contributed by atoms with Crippen molar-refractivity contribution in [1.82, 2.24) is 0 Å². The van der Waals surface area contributed by atoms with Gasteiger partial charge < -0.3 is 9.84 Å². The molecule has 1 aliphatic carbocycles. The molecule has 0 heterocycles. The van der Waals surface area contributed by atoms with Gasteiger partial charge in [0.2, 0.25) is 0 Å². The Morgan fingerprint density at radius 2 is 1.27 bits per heavy atom. The van der Waals surface area contributed by atoms with E-state index >= 15 is 0 Å². The summed E-state index contributed by atoms with van der Waals surface area (Å²) in [6.45, 7) is 2.66. The number of carboxylic acid groups (broad SMARTS) is 1. The molecule has 0 aliphatic heterocycles. The van der Waals surface area contributed by atoms with Crippen LogP contribution in [-0.2, 0) is 14.3 Å². The summed E-state index contributed by atoms with van der Waals surface area (Å²) >= 11 is 0. The van der Waals surface area contributed by atoms with Crippen LogP contribution in [0.1, 0.15) is 122 Å². The summed E-state index contributed by atoms with van der Waals surface area (Å²) in [6, 6.07) is 0. The number of ether oxygens (including phenoxy) is 1. The van der Waals surface area contributed by atoms with E-state index in [1.54, 1.807) is 0 Å². The van der Waals surface area contributed by atoms with Crippen LogP contribution in [0.5, 0.6) is 0 Å². The molecule has 2 unspecified atom stereocenters. The van der Waals surface area contributed by atoms with Crippen molar-refractivity contribution in [1.29, 1.82) is 0 Å². The Morgan fingerprint density at radius 3 is 1.83 bits per heavy atom. The lowest BCUT2D eigenvalue weighted by atomic mass is 9.79. The number of unbranched alkanes of at least 4 members (excludes halogenated alkanes) is 12. The molecule has 0 amide bonds. The molecule has 0 aromatic rings. The third-order valence-electron chi connectivity index (χ3n) is 6.29. The Bertz CT molecular complexity index is 472. The molecule has 4 nitrogen and oxygen atoms in total. The number of carbonyl (C=O) groups excluding carboxylic acids is 1. The van der Waals surface area contributed by atoms with Crippen molar-refractivity contribution in [2.45, 2.75) is 122 Å². The van der Waals surface area contributed by atoms with E-state index in [0.717, 1.165) is 32.1 Å². The van der Waals surface area contributed by atoms with Crippen LogP contribution in [0.15, 0.2) is 12.2 Å². The average Bonchev–Trinajstić information content (AvgIpc) is 2.75. The van der Waals surface area contributed by atoms with Gasteiger partial charge in [-0.2, -0.15) is 0 Å². The lowest BCUT2D eigenvalue weighted by molar-refractivity contribution is -0.159. The Labute approximate surface area is 184 Å². The predicted molar refractivity (Wildman–Crippen MR) is 123 cm³/mol. The van der Waals surface area contributed by atoms with Crippen molar-refractivity contribution in [3.8, 4) is 0 Å². The maximum absolute atomic E-state index is 12.2. The fourth-order valence-electron chi connectivity index (χ4n) is 4.35. The van der Waals surface area contributed by atoms with Crippen LogP contribution >= 0.6 is 0 Å². The highest BCUT2D eigenvalue weighted by molar-refractivity contribution is 5.81. The molecule has 1 aliphatic rings. The zero-order valence-electron chi connectivity index (χ0n) is 19.4. The summed E-state index contributed by atoms with van der Waals surface area (Å²) in [4.78, 5) is 23.5. The second-order valence-corrected chi connectivity index (χ2v) is 8.94. The van der Waals surface area contributed by atoms with E-state index in [0.29, 0.717) is 19.4 Å². The number of hydrogen-bond donors (Lipinski definition) is 1. The van der Waals surface area contributed by atoms with Crippen LogP contribution in [0.4, 0.5) is 0 Å². The molecule has 0 aromatic heterocycles. The van der Waals surface area contributed by atoms with Gasteiger partial charge in [0, 0.05) is 0 Å². The molecule has 0 spiro atoms. The normalized spacial score (nSPS) is 19.2. The number of esters is 1. The summed E-state index contributed by atoms with van der Waals surface area (Å²) in [5.41, 5.74) is 0. The Balaban J connectivity index is 1.90. The van der Waals surface area contributed by atoms with Crippen molar-refractivity contribution in [2.75, 3.05) is 6.61 Å². The molecule has 1 N–H and O–H groups in total. The van der Waals surface area contributed by atoms with Crippen molar-refractivity contribution < 1.29 is 19.4 Å². The number of rotatable bonds is 18. The highest BCUT2D eigenvalue weighted by Gasteiger charge is 2.36. The van der Waals surface area contributed by atoms with E-state index in [9.17, 15) is 14.7 Å². The summed E-state index contributed by atoms with van der Waals surface area (Å²) < 4.78 is 5.34. The van der Waals surface area contributed by atoms with Gasteiger partial charge in [0.25, 0.3) is 0 Å². The van der Waals surface area contributed by atoms with E-state index in [1.165, 1.54) is 70.6 Å². The summed E-state index contributed by atoms with van der Waals surface area (Å²) in [7, 11) is 0. The molecule has 1 fully saturated rings. The monoisotopic (exact) mass is 422 g/mol. The van der Waals surface area contributed by atoms with E-state index < -0.39 is 17.8 Å². The number of aliphatic carboxylic acids is 1. The van der Waals surface area contributed by atoms with Crippen LogP contribution < -0.4 is 0 Å².